The molecule has 1 aliphatic rings. The Morgan fingerprint density at radius 2 is 2.25 bits per heavy atom. The number of anilines is 1. The molecule has 0 saturated carbocycles. The second-order valence-corrected chi connectivity index (χ2v) is 7.06. The van der Waals surface area contributed by atoms with E-state index in [-0.39, 0.29) is 17.9 Å². The van der Waals surface area contributed by atoms with Crippen molar-refractivity contribution >= 4 is 17.2 Å². The number of aromatic nitrogens is 2. The van der Waals surface area contributed by atoms with Gasteiger partial charge in [-0.1, -0.05) is 6.92 Å². The third-order valence-electron chi connectivity index (χ3n) is 4.85. The van der Waals surface area contributed by atoms with E-state index >= 15 is 0 Å². The van der Waals surface area contributed by atoms with Crippen LogP contribution in [-0.2, 0) is 14.9 Å². The van der Waals surface area contributed by atoms with Gasteiger partial charge in [0.2, 0.25) is 5.91 Å². The number of rotatable bonds is 4. The van der Waals surface area contributed by atoms with Crippen molar-refractivity contribution in [2.45, 2.75) is 25.2 Å². The van der Waals surface area contributed by atoms with Crippen molar-refractivity contribution < 1.29 is 9.53 Å². The Hall–Kier alpha value is -2.08. The number of hydrogen-bond donors (Lipinski definition) is 0. The van der Waals surface area contributed by atoms with E-state index in [0.29, 0.717) is 6.54 Å². The number of methoxy groups -OCH3 is 1. The zero-order valence-corrected chi connectivity index (χ0v) is 15.0. The molecule has 0 aromatic carbocycles. The first kappa shape index (κ1) is 16.8. The summed E-state index contributed by atoms with van der Waals surface area (Å²) in [6.07, 6.45) is 6.16. The van der Waals surface area contributed by atoms with Crippen LogP contribution in [0.4, 0.5) is 5.82 Å². The number of carbonyl (C=O) groups excluding carboxylic acids is 1. The summed E-state index contributed by atoms with van der Waals surface area (Å²) in [6.45, 7) is 3.82. The van der Waals surface area contributed by atoms with Crippen molar-refractivity contribution in [3.05, 3.63) is 30.2 Å². The monoisotopic (exact) mass is 330 g/mol. The minimum absolute atomic E-state index is 0.0540. The van der Waals surface area contributed by atoms with Crippen LogP contribution in [0.15, 0.2) is 24.5 Å². The van der Waals surface area contributed by atoms with Crippen molar-refractivity contribution in [2.24, 2.45) is 0 Å². The summed E-state index contributed by atoms with van der Waals surface area (Å²) in [5.74, 6) is 1.01. The number of nitrogens with zero attached hydrogens (tertiary/aromatic N) is 4. The van der Waals surface area contributed by atoms with Crippen LogP contribution in [0, 0.1) is 0 Å². The Balaban J connectivity index is 1.97. The fourth-order valence-electron chi connectivity index (χ4n) is 3.52. The van der Waals surface area contributed by atoms with Crippen LogP contribution in [0.1, 0.15) is 25.5 Å². The lowest BCUT2D eigenvalue weighted by atomic mass is 9.79. The highest BCUT2D eigenvalue weighted by molar-refractivity contribution is 5.77. The molecule has 3 rings (SSSR count). The van der Waals surface area contributed by atoms with E-state index in [1.54, 1.807) is 7.11 Å². The minimum atomic E-state index is -0.148. The molecule has 3 heterocycles. The van der Waals surface area contributed by atoms with Crippen LogP contribution in [0.2, 0.25) is 0 Å². The molecule has 0 unspecified atom stereocenters. The molecule has 0 spiro atoms. The zero-order chi connectivity index (χ0) is 17.3. The maximum atomic E-state index is 12.2. The summed E-state index contributed by atoms with van der Waals surface area (Å²) < 4.78 is 7.13. The van der Waals surface area contributed by atoms with E-state index in [2.05, 4.69) is 23.6 Å². The normalized spacial score (nSPS) is 21.2. The number of amides is 1. The SMILES string of the molecule is COCC(=O)N1CCC[C@](C)(c2cn3cccc3c(N(C)C)n2)C1. The number of ether oxygens (including phenoxy) is 1. The van der Waals surface area contributed by atoms with Gasteiger partial charge in [-0.05, 0) is 25.0 Å². The number of carbonyl (C=O) groups is 1. The molecule has 6 heteroatoms. The van der Waals surface area contributed by atoms with E-state index < -0.39 is 0 Å². The summed E-state index contributed by atoms with van der Waals surface area (Å²) in [5.41, 5.74) is 1.98. The van der Waals surface area contributed by atoms with Crippen LogP contribution < -0.4 is 4.90 Å². The Labute approximate surface area is 143 Å². The molecular formula is C18H26N4O2. The van der Waals surface area contributed by atoms with E-state index in [1.807, 2.05) is 36.2 Å². The third-order valence-corrected chi connectivity index (χ3v) is 4.85. The van der Waals surface area contributed by atoms with Gasteiger partial charge in [-0.2, -0.15) is 0 Å². The van der Waals surface area contributed by atoms with Crippen molar-refractivity contribution in [1.29, 1.82) is 0 Å². The molecule has 2 aromatic rings. The van der Waals surface area contributed by atoms with Crippen LogP contribution in [-0.4, -0.2) is 61.1 Å². The first-order chi connectivity index (χ1) is 11.4. The van der Waals surface area contributed by atoms with Crippen LogP contribution in [0.25, 0.3) is 5.52 Å². The Morgan fingerprint density at radius 1 is 1.46 bits per heavy atom. The van der Waals surface area contributed by atoms with Gasteiger partial charge in [-0.15, -0.1) is 0 Å². The highest BCUT2D eigenvalue weighted by Crippen LogP contribution is 2.34. The van der Waals surface area contributed by atoms with Crippen molar-refractivity contribution in [1.82, 2.24) is 14.3 Å². The molecule has 0 N–H and O–H groups in total. The lowest BCUT2D eigenvalue weighted by molar-refractivity contribution is -0.137. The fraction of sp³-hybridized carbons (Fsp3) is 0.556. The zero-order valence-electron chi connectivity index (χ0n) is 15.0. The van der Waals surface area contributed by atoms with E-state index in [0.717, 1.165) is 36.4 Å². The first-order valence-electron chi connectivity index (χ1n) is 8.37. The highest BCUT2D eigenvalue weighted by atomic mass is 16.5. The molecule has 1 atom stereocenters. The van der Waals surface area contributed by atoms with Crippen LogP contribution in [0.3, 0.4) is 0 Å². The molecule has 0 radical (unpaired) electrons. The van der Waals surface area contributed by atoms with Crippen LogP contribution in [0.5, 0.6) is 0 Å². The maximum absolute atomic E-state index is 12.2. The van der Waals surface area contributed by atoms with E-state index in [4.69, 9.17) is 9.72 Å². The smallest absolute Gasteiger partial charge is 0.248 e. The molecule has 1 fully saturated rings. The van der Waals surface area contributed by atoms with Gasteiger partial charge in [0.15, 0.2) is 5.82 Å². The summed E-state index contributed by atoms with van der Waals surface area (Å²) in [6, 6.07) is 4.11. The second-order valence-electron chi connectivity index (χ2n) is 7.06. The molecule has 0 bridgehead atoms. The maximum Gasteiger partial charge on any atom is 0.248 e. The van der Waals surface area contributed by atoms with E-state index in [1.165, 1.54) is 0 Å². The van der Waals surface area contributed by atoms with Gasteiger partial charge in [0.25, 0.3) is 0 Å². The molecular weight excluding hydrogens is 304 g/mol. The average Bonchev–Trinajstić information content (AvgIpc) is 3.02. The standard InChI is InChI=1S/C18H26N4O2/c1-18(8-6-10-22(13-18)16(23)12-24-4)15-11-21-9-5-7-14(21)17(19-15)20(2)3/h5,7,9,11H,6,8,10,12-13H2,1-4H3/t18-/m0/s1. The number of hydrogen-bond acceptors (Lipinski definition) is 4. The molecule has 2 aromatic heterocycles. The third kappa shape index (κ3) is 2.98. The number of piperidine rings is 1. The van der Waals surface area contributed by atoms with Gasteiger partial charge in [-0.25, -0.2) is 4.98 Å². The molecule has 0 aliphatic carbocycles. The van der Waals surface area contributed by atoms with Gasteiger partial charge in [0.05, 0.1) is 11.2 Å². The van der Waals surface area contributed by atoms with Crippen molar-refractivity contribution in [3.8, 4) is 0 Å². The summed E-state index contributed by atoms with van der Waals surface area (Å²) in [4.78, 5) is 21.1. The molecule has 1 aliphatic heterocycles. The summed E-state index contributed by atoms with van der Waals surface area (Å²) in [7, 11) is 5.58. The van der Waals surface area contributed by atoms with Gasteiger partial charge >= 0.3 is 0 Å². The lowest BCUT2D eigenvalue weighted by Crippen LogP contribution is -2.48. The Kier molecular flexibility index (Phi) is 4.49. The Bertz CT molecular complexity index is 740. The summed E-state index contributed by atoms with van der Waals surface area (Å²) in [5, 5.41) is 0. The minimum Gasteiger partial charge on any atom is -0.375 e. The molecule has 6 nitrogen and oxygen atoms in total. The number of likely N-dealkylation sites (tertiary alicyclic amines) is 1. The first-order valence-corrected chi connectivity index (χ1v) is 8.37. The fourth-order valence-corrected chi connectivity index (χ4v) is 3.52. The average molecular weight is 330 g/mol. The predicted octanol–water partition coefficient (Wildman–Crippen LogP) is 1.93. The van der Waals surface area contributed by atoms with Gasteiger partial charge in [-0.3, -0.25) is 4.79 Å². The number of fused-ring (bicyclic) bond motifs is 1. The van der Waals surface area contributed by atoms with Gasteiger partial charge in [0.1, 0.15) is 6.61 Å². The molecule has 24 heavy (non-hydrogen) atoms. The molecule has 1 amide bonds. The summed E-state index contributed by atoms with van der Waals surface area (Å²) >= 11 is 0. The van der Waals surface area contributed by atoms with Crippen LogP contribution >= 0.6 is 0 Å². The van der Waals surface area contributed by atoms with Gasteiger partial charge < -0.3 is 18.9 Å². The highest BCUT2D eigenvalue weighted by Gasteiger charge is 2.36. The van der Waals surface area contributed by atoms with Crippen molar-refractivity contribution in [3.63, 3.8) is 0 Å². The van der Waals surface area contributed by atoms with Crippen molar-refractivity contribution in [2.75, 3.05) is 45.8 Å². The molecule has 1 saturated heterocycles. The Morgan fingerprint density at radius 3 is 2.96 bits per heavy atom. The second kappa shape index (κ2) is 6.43. The van der Waals surface area contributed by atoms with E-state index in [9.17, 15) is 4.79 Å². The predicted molar refractivity (Wildman–Crippen MR) is 94.6 cm³/mol. The lowest BCUT2D eigenvalue weighted by Gasteiger charge is -2.40. The van der Waals surface area contributed by atoms with Gasteiger partial charge in [0, 0.05) is 52.1 Å². The quantitative estimate of drug-likeness (QED) is 0.859. The largest absolute Gasteiger partial charge is 0.375 e. The molecule has 130 valence electrons. The topological polar surface area (TPSA) is 50.1 Å².